The molecule has 3 nitrogen and oxygen atoms in total. The van der Waals surface area contributed by atoms with Gasteiger partial charge in [0.1, 0.15) is 11.7 Å². The minimum absolute atomic E-state index is 0.0535. The smallest absolute Gasteiger partial charge is 0.233 e. The van der Waals surface area contributed by atoms with Crippen molar-refractivity contribution in [1.29, 1.82) is 0 Å². The number of benzene rings is 1. The van der Waals surface area contributed by atoms with Crippen LogP contribution in [0.4, 0.5) is 4.39 Å². The number of rotatable bonds is 4. The summed E-state index contributed by atoms with van der Waals surface area (Å²) in [5, 5.41) is 3.16. The lowest BCUT2D eigenvalue weighted by Gasteiger charge is -2.25. The summed E-state index contributed by atoms with van der Waals surface area (Å²) >= 11 is 0. The van der Waals surface area contributed by atoms with E-state index in [-0.39, 0.29) is 17.8 Å². The van der Waals surface area contributed by atoms with Crippen LogP contribution in [0.3, 0.4) is 0 Å². The summed E-state index contributed by atoms with van der Waals surface area (Å²) in [6, 6.07) is 11.9. The van der Waals surface area contributed by atoms with Gasteiger partial charge in [-0.15, -0.1) is 0 Å². The van der Waals surface area contributed by atoms with Gasteiger partial charge in [-0.3, -0.25) is 9.78 Å². The largest absolute Gasteiger partial charge is 0.352 e. The SMILES string of the molecule is O=C(NC1CCCCC1)C(c1ccc(F)cc1)c1ccccn1. The molecule has 23 heavy (non-hydrogen) atoms. The van der Waals surface area contributed by atoms with Gasteiger partial charge < -0.3 is 5.32 Å². The molecule has 0 radical (unpaired) electrons. The van der Waals surface area contributed by atoms with E-state index in [1.807, 2.05) is 18.2 Å². The molecule has 1 saturated carbocycles. The summed E-state index contributed by atoms with van der Waals surface area (Å²) < 4.78 is 13.2. The first-order valence-corrected chi connectivity index (χ1v) is 8.21. The average Bonchev–Trinajstić information content (AvgIpc) is 2.59. The highest BCUT2D eigenvalue weighted by atomic mass is 19.1. The zero-order valence-corrected chi connectivity index (χ0v) is 13.0. The zero-order chi connectivity index (χ0) is 16.1. The fraction of sp³-hybridized carbons (Fsp3) is 0.368. The van der Waals surface area contributed by atoms with Gasteiger partial charge in [0.05, 0.1) is 5.69 Å². The number of carbonyl (C=O) groups excluding carboxylic acids is 1. The third kappa shape index (κ3) is 3.95. The monoisotopic (exact) mass is 312 g/mol. The first kappa shape index (κ1) is 15.7. The summed E-state index contributed by atoms with van der Waals surface area (Å²) in [5.41, 5.74) is 1.45. The predicted octanol–water partition coefficient (Wildman–Crippen LogP) is 3.80. The molecule has 2 aromatic rings. The lowest BCUT2D eigenvalue weighted by Crippen LogP contribution is -2.39. The maximum atomic E-state index is 13.2. The second-order valence-corrected chi connectivity index (χ2v) is 6.08. The van der Waals surface area contributed by atoms with Crippen LogP contribution >= 0.6 is 0 Å². The van der Waals surface area contributed by atoms with Crippen molar-refractivity contribution < 1.29 is 9.18 Å². The Labute approximate surface area is 135 Å². The molecule has 1 aromatic carbocycles. The first-order valence-electron chi connectivity index (χ1n) is 8.21. The van der Waals surface area contributed by atoms with Crippen molar-refractivity contribution in [1.82, 2.24) is 10.3 Å². The van der Waals surface area contributed by atoms with Crippen LogP contribution in [0.15, 0.2) is 48.7 Å². The molecule has 1 N–H and O–H groups in total. The van der Waals surface area contributed by atoms with Crippen molar-refractivity contribution in [3.63, 3.8) is 0 Å². The molecule has 0 aliphatic heterocycles. The average molecular weight is 312 g/mol. The number of carbonyl (C=O) groups is 1. The Balaban J connectivity index is 1.85. The quantitative estimate of drug-likeness (QED) is 0.933. The van der Waals surface area contributed by atoms with E-state index in [0.29, 0.717) is 5.69 Å². The number of aromatic nitrogens is 1. The Hall–Kier alpha value is -2.23. The van der Waals surface area contributed by atoms with E-state index < -0.39 is 5.92 Å². The predicted molar refractivity (Wildman–Crippen MR) is 87.5 cm³/mol. The van der Waals surface area contributed by atoms with Crippen LogP contribution in [-0.4, -0.2) is 16.9 Å². The molecule has 4 heteroatoms. The fourth-order valence-corrected chi connectivity index (χ4v) is 3.19. The molecule has 1 aliphatic rings. The highest BCUT2D eigenvalue weighted by Crippen LogP contribution is 2.25. The van der Waals surface area contributed by atoms with Crippen molar-refractivity contribution in [3.8, 4) is 0 Å². The second kappa shape index (κ2) is 7.36. The molecule has 1 amide bonds. The number of hydrogen-bond donors (Lipinski definition) is 1. The summed E-state index contributed by atoms with van der Waals surface area (Å²) in [4.78, 5) is 17.2. The molecule has 1 atom stereocenters. The van der Waals surface area contributed by atoms with Gasteiger partial charge in [0.15, 0.2) is 0 Å². The van der Waals surface area contributed by atoms with Crippen molar-refractivity contribution in [3.05, 3.63) is 65.7 Å². The van der Waals surface area contributed by atoms with Crippen molar-refractivity contribution in [2.75, 3.05) is 0 Å². The topological polar surface area (TPSA) is 42.0 Å². The molecule has 0 spiro atoms. The summed E-state index contributed by atoms with van der Waals surface area (Å²) in [5.74, 6) is -0.859. The van der Waals surface area contributed by atoms with E-state index >= 15 is 0 Å². The van der Waals surface area contributed by atoms with Crippen molar-refractivity contribution in [2.45, 2.75) is 44.1 Å². The van der Waals surface area contributed by atoms with Crippen LogP contribution in [0.25, 0.3) is 0 Å². The molecule has 1 aliphatic carbocycles. The summed E-state index contributed by atoms with van der Waals surface area (Å²) in [7, 11) is 0. The van der Waals surface area contributed by atoms with Gasteiger partial charge in [0.2, 0.25) is 5.91 Å². The normalized spacial score (nSPS) is 16.7. The molecular formula is C19H21FN2O. The third-order valence-corrected chi connectivity index (χ3v) is 4.40. The standard InChI is InChI=1S/C19H21FN2O/c20-15-11-9-14(10-12-15)18(17-8-4-5-13-21-17)19(23)22-16-6-2-1-3-7-16/h4-5,8-13,16,18H,1-3,6-7H2,(H,22,23). The Kier molecular flexibility index (Phi) is 5.01. The minimum Gasteiger partial charge on any atom is -0.352 e. The van der Waals surface area contributed by atoms with Crippen LogP contribution in [0.2, 0.25) is 0 Å². The maximum absolute atomic E-state index is 13.2. The van der Waals surface area contributed by atoms with E-state index in [4.69, 9.17) is 0 Å². The Morgan fingerprint density at radius 3 is 2.48 bits per heavy atom. The van der Waals surface area contributed by atoms with Crippen LogP contribution in [-0.2, 0) is 4.79 Å². The number of nitrogens with zero attached hydrogens (tertiary/aromatic N) is 1. The Bertz CT molecular complexity index is 636. The molecule has 1 fully saturated rings. The van der Waals surface area contributed by atoms with Gasteiger partial charge in [-0.05, 0) is 42.7 Å². The van der Waals surface area contributed by atoms with Gasteiger partial charge in [-0.2, -0.15) is 0 Å². The number of amides is 1. The van der Waals surface area contributed by atoms with Gasteiger partial charge in [0.25, 0.3) is 0 Å². The third-order valence-electron chi connectivity index (χ3n) is 4.40. The molecular weight excluding hydrogens is 291 g/mol. The Morgan fingerprint density at radius 2 is 1.83 bits per heavy atom. The lowest BCUT2D eigenvalue weighted by atomic mass is 9.91. The maximum Gasteiger partial charge on any atom is 0.233 e. The highest BCUT2D eigenvalue weighted by Gasteiger charge is 2.26. The van der Waals surface area contributed by atoms with Crippen LogP contribution in [0, 0.1) is 5.82 Å². The number of nitrogens with one attached hydrogen (secondary N) is 1. The van der Waals surface area contributed by atoms with Crippen LogP contribution in [0.5, 0.6) is 0 Å². The molecule has 0 bridgehead atoms. The van der Waals surface area contributed by atoms with E-state index in [9.17, 15) is 9.18 Å². The highest BCUT2D eigenvalue weighted by molar-refractivity contribution is 5.86. The van der Waals surface area contributed by atoms with Crippen molar-refractivity contribution in [2.24, 2.45) is 0 Å². The number of pyridine rings is 1. The van der Waals surface area contributed by atoms with Crippen molar-refractivity contribution >= 4 is 5.91 Å². The summed E-state index contributed by atoms with van der Waals surface area (Å²) in [6.45, 7) is 0. The molecule has 3 rings (SSSR count). The second-order valence-electron chi connectivity index (χ2n) is 6.08. The molecule has 0 saturated heterocycles. The van der Waals surface area contributed by atoms with E-state index in [1.54, 1.807) is 18.3 Å². The summed E-state index contributed by atoms with van der Waals surface area (Å²) in [6.07, 6.45) is 7.31. The van der Waals surface area contributed by atoms with Crippen LogP contribution in [0.1, 0.15) is 49.3 Å². The van der Waals surface area contributed by atoms with E-state index in [0.717, 1.165) is 31.2 Å². The van der Waals surface area contributed by atoms with E-state index in [2.05, 4.69) is 10.3 Å². The Morgan fingerprint density at radius 1 is 1.09 bits per heavy atom. The number of halogens is 1. The molecule has 1 heterocycles. The molecule has 1 unspecified atom stereocenters. The van der Waals surface area contributed by atoms with Gasteiger partial charge in [0, 0.05) is 12.2 Å². The van der Waals surface area contributed by atoms with Gasteiger partial charge in [-0.25, -0.2) is 4.39 Å². The van der Waals surface area contributed by atoms with Crippen LogP contribution < -0.4 is 5.32 Å². The zero-order valence-electron chi connectivity index (χ0n) is 13.0. The van der Waals surface area contributed by atoms with Gasteiger partial charge >= 0.3 is 0 Å². The van der Waals surface area contributed by atoms with E-state index in [1.165, 1.54) is 18.6 Å². The first-order chi connectivity index (χ1) is 11.2. The van der Waals surface area contributed by atoms with Gasteiger partial charge in [-0.1, -0.05) is 37.5 Å². The lowest BCUT2D eigenvalue weighted by molar-refractivity contribution is -0.122. The fourth-order valence-electron chi connectivity index (χ4n) is 3.19. The molecule has 120 valence electrons. The number of hydrogen-bond acceptors (Lipinski definition) is 2. The minimum atomic E-state index is -0.501. The molecule has 1 aromatic heterocycles.